The summed E-state index contributed by atoms with van der Waals surface area (Å²) in [5, 5.41) is 0. The third kappa shape index (κ3) is 2.95. The van der Waals surface area contributed by atoms with Crippen LogP contribution in [0.15, 0.2) is 36.4 Å². The van der Waals surface area contributed by atoms with Gasteiger partial charge in [0.05, 0.1) is 0 Å². The second kappa shape index (κ2) is 7.35. The predicted molar refractivity (Wildman–Crippen MR) is 102 cm³/mol. The Balaban J connectivity index is 2.26. The average Bonchev–Trinajstić information content (AvgIpc) is 2.93. The number of carbonyl (C=O) groups is 2. The quantitative estimate of drug-likeness (QED) is 0.558. The molecule has 2 aromatic carbocycles. The summed E-state index contributed by atoms with van der Waals surface area (Å²) < 4.78 is 0. The predicted octanol–water partition coefficient (Wildman–Crippen LogP) is 5.96. The highest BCUT2D eigenvalue weighted by atomic mass is 16.1. The van der Waals surface area contributed by atoms with Crippen LogP contribution in [0.3, 0.4) is 0 Å². The molecule has 2 heteroatoms. The Hall–Kier alpha value is -2.22. The van der Waals surface area contributed by atoms with Crippen molar-refractivity contribution in [1.29, 1.82) is 0 Å². The van der Waals surface area contributed by atoms with Crippen LogP contribution in [0.4, 0.5) is 0 Å². The molecular weight excluding hydrogens is 308 g/mol. The van der Waals surface area contributed by atoms with Gasteiger partial charge >= 0.3 is 0 Å². The minimum atomic E-state index is -0.0747. The van der Waals surface area contributed by atoms with Crippen molar-refractivity contribution >= 4 is 12.6 Å². The van der Waals surface area contributed by atoms with Crippen LogP contribution in [0.2, 0.25) is 0 Å². The maximum absolute atomic E-state index is 11.4. The monoisotopic (exact) mass is 334 g/mol. The molecule has 0 radical (unpaired) electrons. The van der Waals surface area contributed by atoms with Crippen LogP contribution in [-0.2, 0) is 5.41 Å². The SMILES string of the molecule is CCCCC1(CCCC)c2cc(C=O)ccc2-c2ccc(C=O)cc21. The maximum Gasteiger partial charge on any atom is 0.150 e. The molecule has 0 saturated heterocycles. The van der Waals surface area contributed by atoms with Gasteiger partial charge in [0.25, 0.3) is 0 Å². The number of rotatable bonds is 8. The van der Waals surface area contributed by atoms with Gasteiger partial charge in [-0.05, 0) is 47.2 Å². The van der Waals surface area contributed by atoms with Gasteiger partial charge in [-0.1, -0.05) is 63.8 Å². The van der Waals surface area contributed by atoms with E-state index in [0.717, 1.165) is 62.2 Å². The smallest absolute Gasteiger partial charge is 0.150 e. The minimum absolute atomic E-state index is 0.0747. The Bertz CT molecular complexity index is 721. The number of hydrogen-bond donors (Lipinski definition) is 0. The summed E-state index contributed by atoms with van der Waals surface area (Å²) in [4.78, 5) is 22.7. The summed E-state index contributed by atoms with van der Waals surface area (Å²) in [6, 6.07) is 12.1. The first-order valence-electron chi connectivity index (χ1n) is 9.40. The van der Waals surface area contributed by atoms with E-state index in [2.05, 4.69) is 38.1 Å². The molecule has 1 aliphatic rings. The number of benzene rings is 2. The van der Waals surface area contributed by atoms with Gasteiger partial charge in [-0.2, -0.15) is 0 Å². The van der Waals surface area contributed by atoms with Crippen molar-refractivity contribution in [2.75, 3.05) is 0 Å². The molecule has 0 bridgehead atoms. The van der Waals surface area contributed by atoms with Gasteiger partial charge in [-0.15, -0.1) is 0 Å². The van der Waals surface area contributed by atoms with Crippen molar-refractivity contribution in [3.8, 4) is 11.1 Å². The van der Waals surface area contributed by atoms with E-state index in [9.17, 15) is 9.59 Å². The third-order valence-electron chi connectivity index (χ3n) is 5.59. The molecule has 0 saturated carbocycles. The zero-order valence-electron chi connectivity index (χ0n) is 15.2. The van der Waals surface area contributed by atoms with E-state index >= 15 is 0 Å². The molecule has 130 valence electrons. The number of fused-ring (bicyclic) bond motifs is 3. The van der Waals surface area contributed by atoms with Crippen LogP contribution in [0.1, 0.15) is 84.2 Å². The number of unbranched alkanes of at least 4 members (excludes halogenated alkanes) is 2. The molecule has 1 aliphatic carbocycles. The first-order chi connectivity index (χ1) is 12.2. The highest BCUT2D eigenvalue weighted by Gasteiger charge is 2.42. The second-order valence-electron chi connectivity index (χ2n) is 7.13. The first kappa shape index (κ1) is 17.6. The van der Waals surface area contributed by atoms with E-state index in [-0.39, 0.29) is 5.41 Å². The van der Waals surface area contributed by atoms with Crippen LogP contribution in [0.25, 0.3) is 11.1 Å². The molecule has 0 N–H and O–H groups in total. The van der Waals surface area contributed by atoms with Crippen LogP contribution >= 0.6 is 0 Å². The van der Waals surface area contributed by atoms with Crippen LogP contribution in [0.5, 0.6) is 0 Å². The summed E-state index contributed by atoms with van der Waals surface area (Å²) in [6.07, 6.45) is 8.55. The Labute approximate surface area is 150 Å². The van der Waals surface area contributed by atoms with Gasteiger partial charge in [0.2, 0.25) is 0 Å². The summed E-state index contributed by atoms with van der Waals surface area (Å²) in [7, 11) is 0. The molecule has 0 heterocycles. The van der Waals surface area contributed by atoms with Crippen molar-refractivity contribution in [3.05, 3.63) is 58.7 Å². The summed E-state index contributed by atoms with van der Waals surface area (Å²) in [6.45, 7) is 4.43. The number of aldehydes is 2. The van der Waals surface area contributed by atoms with E-state index in [1.165, 1.54) is 22.3 Å². The zero-order valence-corrected chi connectivity index (χ0v) is 15.2. The molecule has 0 spiro atoms. The molecule has 2 aromatic rings. The van der Waals surface area contributed by atoms with Crippen molar-refractivity contribution in [2.45, 2.75) is 57.8 Å². The third-order valence-corrected chi connectivity index (χ3v) is 5.59. The Morgan fingerprint density at radius 2 is 1.20 bits per heavy atom. The fourth-order valence-corrected chi connectivity index (χ4v) is 4.30. The van der Waals surface area contributed by atoms with E-state index in [4.69, 9.17) is 0 Å². The summed E-state index contributed by atoms with van der Waals surface area (Å²) in [5.41, 5.74) is 6.40. The summed E-state index contributed by atoms with van der Waals surface area (Å²) >= 11 is 0. The van der Waals surface area contributed by atoms with Gasteiger partial charge in [0.1, 0.15) is 12.6 Å². The highest BCUT2D eigenvalue weighted by Crippen LogP contribution is 2.54. The van der Waals surface area contributed by atoms with E-state index in [0.29, 0.717) is 0 Å². The first-order valence-corrected chi connectivity index (χ1v) is 9.40. The molecule has 2 nitrogen and oxygen atoms in total. The fraction of sp³-hybridized carbons (Fsp3) is 0.391. The topological polar surface area (TPSA) is 34.1 Å². The van der Waals surface area contributed by atoms with Gasteiger partial charge in [-0.25, -0.2) is 0 Å². The lowest BCUT2D eigenvalue weighted by Gasteiger charge is -2.33. The maximum atomic E-state index is 11.4. The van der Waals surface area contributed by atoms with E-state index < -0.39 is 0 Å². The molecule has 0 aromatic heterocycles. The van der Waals surface area contributed by atoms with Crippen molar-refractivity contribution in [1.82, 2.24) is 0 Å². The molecular formula is C23H26O2. The fourth-order valence-electron chi connectivity index (χ4n) is 4.30. The molecule has 0 aliphatic heterocycles. The zero-order chi connectivity index (χ0) is 17.9. The Morgan fingerprint density at radius 3 is 1.56 bits per heavy atom. The molecule has 25 heavy (non-hydrogen) atoms. The number of carbonyl (C=O) groups excluding carboxylic acids is 2. The molecule has 0 fully saturated rings. The molecule has 3 rings (SSSR count). The van der Waals surface area contributed by atoms with E-state index in [1.807, 2.05) is 12.1 Å². The Morgan fingerprint density at radius 1 is 0.760 bits per heavy atom. The lowest BCUT2D eigenvalue weighted by atomic mass is 9.70. The van der Waals surface area contributed by atoms with Crippen LogP contribution in [0, 0.1) is 0 Å². The minimum Gasteiger partial charge on any atom is -0.298 e. The van der Waals surface area contributed by atoms with Gasteiger partial charge in [0, 0.05) is 16.5 Å². The van der Waals surface area contributed by atoms with Gasteiger partial charge in [-0.3, -0.25) is 9.59 Å². The van der Waals surface area contributed by atoms with Gasteiger partial charge < -0.3 is 0 Å². The molecule has 0 amide bonds. The van der Waals surface area contributed by atoms with E-state index in [1.54, 1.807) is 0 Å². The van der Waals surface area contributed by atoms with Crippen LogP contribution < -0.4 is 0 Å². The highest BCUT2D eigenvalue weighted by molar-refractivity contribution is 5.87. The molecule has 0 atom stereocenters. The average molecular weight is 334 g/mol. The summed E-state index contributed by atoms with van der Waals surface area (Å²) in [5.74, 6) is 0. The van der Waals surface area contributed by atoms with Crippen molar-refractivity contribution in [2.24, 2.45) is 0 Å². The number of hydrogen-bond acceptors (Lipinski definition) is 2. The largest absolute Gasteiger partial charge is 0.298 e. The lowest BCUT2D eigenvalue weighted by molar-refractivity contribution is 0.111. The lowest BCUT2D eigenvalue weighted by Crippen LogP contribution is -2.25. The normalized spacial score (nSPS) is 14.0. The standard InChI is InChI=1S/C23H26O2/c1-3-5-11-23(12-6-4-2)21-13-17(15-24)7-9-19(21)20-10-8-18(16-25)14-22(20)23/h7-10,13-16H,3-6,11-12H2,1-2H3. The van der Waals surface area contributed by atoms with Crippen LogP contribution in [-0.4, -0.2) is 12.6 Å². The van der Waals surface area contributed by atoms with Gasteiger partial charge in [0.15, 0.2) is 0 Å². The van der Waals surface area contributed by atoms with Crippen molar-refractivity contribution in [3.63, 3.8) is 0 Å². The van der Waals surface area contributed by atoms with Crippen molar-refractivity contribution < 1.29 is 9.59 Å². The second-order valence-corrected chi connectivity index (χ2v) is 7.13. The Kier molecular flexibility index (Phi) is 5.17. The molecule has 0 unspecified atom stereocenters.